The van der Waals surface area contributed by atoms with E-state index in [1.807, 2.05) is 4.90 Å². The van der Waals surface area contributed by atoms with Gasteiger partial charge in [-0.3, -0.25) is 25.0 Å². The predicted molar refractivity (Wildman–Crippen MR) is 99.3 cm³/mol. The van der Waals surface area contributed by atoms with Crippen LogP contribution in [0.25, 0.3) is 0 Å². The number of carbonyl (C=O) groups is 1. The van der Waals surface area contributed by atoms with Crippen molar-refractivity contribution in [3.63, 3.8) is 0 Å². The molecule has 1 aliphatic rings. The molecule has 27 heavy (non-hydrogen) atoms. The summed E-state index contributed by atoms with van der Waals surface area (Å²) in [6, 6.07) is 10.1. The summed E-state index contributed by atoms with van der Waals surface area (Å²) in [5.74, 6) is -0.279. The Morgan fingerprint density at radius 1 is 0.889 bits per heavy atom. The van der Waals surface area contributed by atoms with Crippen molar-refractivity contribution in [2.75, 3.05) is 31.1 Å². The van der Waals surface area contributed by atoms with Crippen LogP contribution in [0.4, 0.5) is 17.1 Å². The van der Waals surface area contributed by atoms with Gasteiger partial charge >= 0.3 is 0 Å². The van der Waals surface area contributed by atoms with Gasteiger partial charge in [-0.1, -0.05) is 11.6 Å². The highest BCUT2D eigenvalue weighted by atomic mass is 35.5. The Morgan fingerprint density at radius 2 is 1.44 bits per heavy atom. The highest BCUT2D eigenvalue weighted by Crippen LogP contribution is 2.25. The van der Waals surface area contributed by atoms with Crippen LogP contribution in [0.5, 0.6) is 0 Å². The number of benzene rings is 2. The minimum Gasteiger partial charge on any atom is -0.368 e. The maximum Gasteiger partial charge on any atom is 0.270 e. The number of hydrogen-bond donors (Lipinski definition) is 0. The van der Waals surface area contributed by atoms with Crippen LogP contribution in [-0.2, 0) is 0 Å². The molecule has 0 radical (unpaired) electrons. The Kier molecular flexibility index (Phi) is 5.22. The number of amides is 1. The van der Waals surface area contributed by atoms with Gasteiger partial charge in [0.05, 0.1) is 20.4 Å². The van der Waals surface area contributed by atoms with Crippen LogP contribution in [-0.4, -0.2) is 46.8 Å². The van der Waals surface area contributed by atoms with E-state index in [1.165, 1.54) is 30.3 Å². The lowest BCUT2D eigenvalue weighted by Crippen LogP contribution is -2.48. The fourth-order valence-corrected chi connectivity index (χ4v) is 3.17. The molecule has 2 aromatic carbocycles. The molecule has 10 heteroatoms. The molecule has 0 aromatic heterocycles. The second-order valence-electron chi connectivity index (χ2n) is 5.97. The fourth-order valence-electron chi connectivity index (χ4n) is 2.91. The first-order chi connectivity index (χ1) is 12.9. The lowest BCUT2D eigenvalue weighted by molar-refractivity contribution is -0.385. The summed E-state index contributed by atoms with van der Waals surface area (Å²) in [4.78, 5) is 36.8. The molecule has 1 heterocycles. The van der Waals surface area contributed by atoms with E-state index in [-0.39, 0.29) is 27.9 Å². The van der Waals surface area contributed by atoms with Crippen molar-refractivity contribution < 1.29 is 14.6 Å². The van der Waals surface area contributed by atoms with Gasteiger partial charge in [-0.15, -0.1) is 0 Å². The number of rotatable bonds is 4. The van der Waals surface area contributed by atoms with E-state index in [4.69, 9.17) is 11.6 Å². The third-order valence-electron chi connectivity index (χ3n) is 4.39. The predicted octanol–water partition coefficient (Wildman–Crippen LogP) is 3.12. The molecule has 0 atom stereocenters. The molecule has 1 fully saturated rings. The standard InChI is InChI=1S/C17H15ClN4O5/c18-16-11-14(22(26)27)5-6-15(16)17(23)20-9-7-19(8-10-20)12-1-3-13(4-2-12)21(24)25/h1-6,11H,7-10H2. The molecular weight excluding hydrogens is 376 g/mol. The molecule has 0 spiro atoms. The highest BCUT2D eigenvalue weighted by Gasteiger charge is 2.25. The van der Waals surface area contributed by atoms with E-state index >= 15 is 0 Å². The highest BCUT2D eigenvalue weighted by molar-refractivity contribution is 6.34. The smallest absolute Gasteiger partial charge is 0.270 e. The topological polar surface area (TPSA) is 110 Å². The van der Waals surface area contributed by atoms with E-state index < -0.39 is 9.85 Å². The van der Waals surface area contributed by atoms with E-state index in [2.05, 4.69) is 0 Å². The van der Waals surface area contributed by atoms with Crippen LogP contribution in [0, 0.1) is 20.2 Å². The third kappa shape index (κ3) is 3.98. The fraction of sp³-hybridized carbons (Fsp3) is 0.235. The van der Waals surface area contributed by atoms with Gasteiger partial charge in [0.2, 0.25) is 0 Å². The number of anilines is 1. The second kappa shape index (κ2) is 7.58. The van der Waals surface area contributed by atoms with Gasteiger partial charge in [0.15, 0.2) is 0 Å². The second-order valence-corrected chi connectivity index (χ2v) is 6.38. The van der Waals surface area contributed by atoms with Crippen LogP contribution in [0.1, 0.15) is 10.4 Å². The molecule has 9 nitrogen and oxygen atoms in total. The van der Waals surface area contributed by atoms with Crippen LogP contribution < -0.4 is 4.90 Å². The van der Waals surface area contributed by atoms with Gasteiger partial charge in [-0.05, 0) is 18.2 Å². The average Bonchev–Trinajstić information content (AvgIpc) is 2.67. The van der Waals surface area contributed by atoms with Crippen LogP contribution in [0.3, 0.4) is 0 Å². The van der Waals surface area contributed by atoms with Crippen molar-refractivity contribution in [3.8, 4) is 0 Å². The summed E-state index contributed by atoms with van der Waals surface area (Å²) >= 11 is 6.04. The average molecular weight is 391 g/mol. The van der Waals surface area contributed by atoms with Crippen molar-refractivity contribution in [3.05, 3.63) is 73.3 Å². The summed E-state index contributed by atoms with van der Waals surface area (Å²) in [5.41, 5.74) is 0.937. The molecule has 0 aliphatic carbocycles. The molecule has 0 saturated carbocycles. The summed E-state index contributed by atoms with van der Waals surface area (Å²) in [6.07, 6.45) is 0. The van der Waals surface area contributed by atoms with E-state index in [0.29, 0.717) is 26.2 Å². The van der Waals surface area contributed by atoms with Crippen molar-refractivity contribution in [1.82, 2.24) is 4.90 Å². The number of halogens is 1. The van der Waals surface area contributed by atoms with E-state index in [0.717, 1.165) is 5.69 Å². The maximum atomic E-state index is 12.6. The lowest BCUT2D eigenvalue weighted by atomic mass is 10.1. The van der Waals surface area contributed by atoms with Crippen molar-refractivity contribution in [2.45, 2.75) is 0 Å². The van der Waals surface area contributed by atoms with Gasteiger partial charge in [-0.2, -0.15) is 0 Å². The van der Waals surface area contributed by atoms with Gasteiger partial charge < -0.3 is 9.80 Å². The molecule has 1 aliphatic heterocycles. The maximum absolute atomic E-state index is 12.6. The SMILES string of the molecule is O=C(c1ccc([N+](=O)[O-])cc1Cl)N1CCN(c2ccc([N+](=O)[O-])cc2)CC1. The summed E-state index contributed by atoms with van der Waals surface area (Å²) in [5, 5.41) is 21.5. The van der Waals surface area contributed by atoms with Gasteiger partial charge in [-0.25, -0.2) is 0 Å². The zero-order chi connectivity index (χ0) is 19.6. The van der Waals surface area contributed by atoms with Crippen molar-refractivity contribution in [2.24, 2.45) is 0 Å². The van der Waals surface area contributed by atoms with Crippen LogP contribution in [0.15, 0.2) is 42.5 Å². The van der Waals surface area contributed by atoms with Gasteiger partial charge in [0.1, 0.15) is 0 Å². The van der Waals surface area contributed by atoms with Crippen molar-refractivity contribution >= 4 is 34.6 Å². The summed E-state index contributed by atoms with van der Waals surface area (Å²) in [6.45, 7) is 2.02. The molecule has 140 valence electrons. The molecule has 0 unspecified atom stereocenters. The largest absolute Gasteiger partial charge is 0.368 e. The van der Waals surface area contributed by atoms with Gasteiger partial charge in [0, 0.05) is 56.1 Å². The molecular formula is C17H15ClN4O5. The van der Waals surface area contributed by atoms with E-state index in [9.17, 15) is 25.0 Å². The number of nitro groups is 2. The zero-order valence-corrected chi connectivity index (χ0v) is 14.8. The first-order valence-electron chi connectivity index (χ1n) is 8.09. The lowest BCUT2D eigenvalue weighted by Gasteiger charge is -2.36. The Balaban J connectivity index is 1.65. The monoisotopic (exact) mass is 390 g/mol. The third-order valence-corrected chi connectivity index (χ3v) is 4.70. The summed E-state index contributed by atoms with van der Waals surface area (Å²) in [7, 11) is 0. The number of nitro benzene ring substituents is 2. The quantitative estimate of drug-likeness (QED) is 0.586. The molecule has 0 bridgehead atoms. The number of hydrogen-bond acceptors (Lipinski definition) is 6. The van der Waals surface area contributed by atoms with E-state index in [1.54, 1.807) is 17.0 Å². The van der Waals surface area contributed by atoms with Gasteiger partial charge in [0.25, 0.3) is 17.3 Å². The molecule has 0 N–H and O–H groups in total. The first kappa shape index (κ1) is 18.6. The number of nitrogens with zero attached hydrogens (tertiary/aromatic N) is 4. The molecule has 1 amide bonds. The van der Waals surface area contributed by atoms with Crippen LogP contribution >= 0.6 is 11.6 Å². The number of non-ortho nitro benzene ring substituents is 2. The van der Waals surface area contributed by atoms with Crippen LogP contribution in [0.2, 0.25) is 5.02 Å². The Hall–Kier alpha value is -3.20. The minimum absolute atomic E-state index is 0.0281. The van der Waals surface area contributed by atoms with Crippen molar-refractivity contribution in [1.29, 1.82) is 0 Å². The Labute approximate surface area is 159 Å². The zero-order valence-electron chi connectivity index (χ0n) is 14.1. The normalized spacial score (nSPS) is 14.1. The number of piperazine rings is 1. The Bertz CT molecular complexity index is 895. The molecule has 2 aromatic rings. The molecule has 1 saturated heterocycles. The molecule has 3 rings (SSSR count). The minimum atomic E-state index is -0.566. The summed E-state index contributed by atoms with van der Waals surface area (Å²) < 4.78 is 0. The first-order valence-corrected chi connectivity index (χ1v) is 8.47. The Morgan fingerprint density at radius 3 is 1.96 bits per heavy atom. The number of carbonyl (C=O) groups excluding carboxylic acids is 1.